The zero-order valence-corrected chi connectivity index (χ0v) is 12.7. The molecule has 0 saturated heterocycles. The molecule has 4 nitrogen and oxygen atoms in total. The van der Waals surface area contributed by atoms with Gasteiger partial charge in [-0.1, -0.05) is 18.2 Å². The van der Waals surface area contributed by atoms with E-state index in [0.717, 1.165) is 40.9 Å². The van der Waals surface area contributed by atoms with Crippen LogP contribution in [0.25, 0.3) is 33.2 Å². The van der Waals surface area contributed by atoms with Crippen molar-refractivity contribution in [3.63, 3.8) is 0 Å². The number of rotatable bonds is 1. The SMILES string of the molecule is Oc1ccc2nc(-c3nc4ccccc4c4c3C4)c3c(c2c1O)C3. The summed E-state index contributed by atoms with van der Waals surface area (Å²) < 4.78 is 0. The monoisotopic (exact) mass is 312 g/mol. The van der Waals surface area contributed by atoms with E-state index in [2.05, 4.69) is 6.07 Å². The van der Waals surface area contributed by atoms with E-state index in [9.17, 15) is 10.2 Å². The summed E-state index contributed by atoms with van der Waals surface area (Å²) in [5.41, 5.74) is 8.51. The van der Waals surface area contributed by atoms with Crippen LogP contribution in [-0.2, 0) is 12.8 Å². The topological polar surface area (TPSA) is 66.2 Å². The first-order valence-electron chi connectivity index (χ1n) is 7.99. The molecule has 0 spiro atoms. The fraction of sp³-hybridized carbons (Fsp3) is 0.100. The second-order valence-corrected chi connectivity index (χ2v) is 6.53. The summed E-state index contributed by atoms with van der Waals surface area (Å²) in [6, 6.07) is 11.5. The van der Waals surface area contributed by atoms with Gasteiger partial charge in [-0.15, -0.1) is 0 Å². The number of benzene rings is 2. The van der Waals surface area contributed by atoms with Crippen LogP contribution in [0.2, 0.25) is 0 Å². The van der Waals surface area contributed by atoms with Gasteiger partial charge in [-0.25, -0.2) is 9.97 Å². The normalized spacial score (nSPS) is 13.8. The second kappa shape index (κ2) is 3.85. The maximum Gasteiger partial charge on any atom is 0.167 e. The molecule has 2 aliphatic rings. The number of phenolic OH excluding ortho intramolecular Hbond substituents is 2. The smallest absolute Gasteiger partial charge is 0.167 e. The molecule has 0 bridgehead atoms. The predicted molar refractivity (Wildman–Crippen MR) is 91.4 cm³/mol. The lowest BCUT2D eigenvalue weighted by Crippen LogP contribution is -1.90. The highest BCUT2D eigenvalue weighted by atomic mass is 16.3. The quantitative estimate of drug-likeness (QED) is 0.455. The Morgan fingerprint density at radius 3 is 2.29 bits per heavy atom. The molecule has 0 atom stereocenters. The number of hydrogen-bond donors (Lipinski definition) is 2. The zero-order chi connectivity index (χ0) is 16.0. The van der Waals surface area contributed by atoms with Gasteiger partial charge in [-0.2, -0.15) is 0 Å². The summed E-state index contributed by atoms with van der Waals surface area (Å²) in [4.78, 5) is 9.63. The molecule has 4 aromatic rings. The van der Waals surface area contributed by atoms with E-state index in [-0.39, 0.29) is 11.5 Å². The minimum Gasteiger partial charge on any atom is -0.504 e. The number of fused-ring (bicyclic) bond motifs is 6. The molecule has 0 radical (unpaired) electrons. The molecule has 2 aromatic heterocycles. The molecule has 4 heteroatoms. The molecule has 114 valence electrons. The first-order valence-corrected chi connectivity index (χ1v) is 7.99. The zero-order valence-electron chi connectivity index (χ0n) is 12.7. The molecular weight excluding hydrogens is 300 g/mol. The summed E-state index contributed by atoms with van der Waals surface area (Å²) in [6.45, 7) is 0. The van der Waals surface area contributed by atoms with Crippen molar-refractivity contribution in [1.82, 2.24) is 9.97 Å². The Kier molecular flexibility index (Phi) is 1.97. The molecule has 0 amide bonds. The first kappa shape index (κ1) is 12.3. The Morgan fingerprint density at radius 1 is 0.708 bits per heavy atom. The van der Waals surface area contributed by atoms with Crippen molar-refractivity contribution >= 4 is 21.8 Å². The maximum atomic E-state index is 10.1. The lowest BCUT2D eigenvalue weighted by Gasteiger charge is -2.06. The van der Waals surface area contributed by atoms with Crippen molar-refractivity contribution in [2.75, 3.05) is 0 Å². The van der Waals surface area contributed by atoms with Gasteiger partial charge in [0, 0.05) is 23.6 Å². The lowest BCUT2D eigenvalue weighted by molar-refractivity contribution is 0.408. The highest BCUT2D eigenvalue weighted by Crippen LogP contribution is 2.49. The molecule has 6 rings (SSSR count). The molecule has 0 aliphatic heterocycles. The van der Waals surface area contributed by atoms with Crippen LogP contribution in [-0.4, -0.2) is 20.2 Å². The highest BCUT2D eigenvalue weighted by molar-refractivity contribution is 5.99. The van der Waals surface area contributed by atoms with Gasteiger partial charge in [0.15, 0.2) is 11.5 Å². The van der Waals surface area contributed by atoms with Crippen molar-refractivity contribution in [1.29, 1.82) is 0 Å². The van der Waals surface area contributed by atoms with Gasteiger partial charge >= 0.3 is 0 Å². The van der Waals surface area contributed by atoms with Gasteiger partial charge in [0.25, 0.3) is 0 Å². The third-order valence-corrected chi connectivity index (χ3v) is 5.11. The second-order valence-electron chi connectivity index (χ2n) is 6.53. The van der Waals surface area contributed by atoms with Crippen molar-refractivity contribution < 1.29 is 10.2 Å². The summed E-state index contributed by atoms with van der Waals surface area (Å²) in [7, 11) is 0. The van der Waals surface area contributed by atoms with Crippen molar-refractivity contribution in [2.24, 2.45) is 0 Å². The summed E-state index contributed by atoms with van der Waals surface area (Å²) in [6.07, 6.45) is 1.78. The van der Waals surface area contributed by atoms with Crippen LogP contribution in [0.5, 0.6) is 11.5 Å². The van der Waals surface area contributed by atoms with E-state index in [4.69, 9.17) is 9.97 Å². The van der Waals surface area contributed by atoms with Crippen LogP contribution in [0.4, 0.5) is 0 Å². The maximum absolute atomic E-state index is 10.1. The highest BCUT2D eigenvalue weighted by Gasteiger charge is 2.34. The minimum absolute atomic E-state index is 0.0671. The van der Waals surface area contributed by atoms with Crippen LogP contribution in [0, 0.1) is 0 Å². The van der Waals surface area contributed by atoms with Gasteiger partial charge in [0.2, 0.25) is 0 Å². The van der Waals surface area contributed by atoms with Crippen LogP contribution < -0.4 is 0 Å². The molecule has 2 aromatic carbocycles. The van der Waals surface area contributed by atoms with Crippen LogP contribution in [0.3, 0.4) is 0 Å². The largest absolute Gasteiger partial charge is 0.504 e. The van der Waals surface area contributed by atoms with Gasteiger partial charge in [-0.05, 0) is 40.5 Å². The molecule has 0 fully saturated rings. The Morgan fingerprint density at radius 2 is 1.42 bits per heavy atom. The van der Waals surface area contributed by atoms with Crippen molar-refractivity contribution in [3.05, 3.63) is 58.7 Å². The summed E-state index contributed by atoms with van der Waals surface area (Å²) in [5, 5.41) is 21.8. The van der Waals surface area contributed by atoms with E-state index < -0.39 is 0 Å². The van der Waals surface area contributed by atoms with Crippen molar-refractivity contribution in [3.8, 4) is 22.9 Å². The van der Waals surface area contributed by atoms with E-state index in [1.165, 1.54) is 22.6 Å². The Balaban J connectivity index is 1.67. The lowest BCUT2D eigenvalue weighted by atomic mass is 10.1. The average molecular weight is 312 g/mol. The van der Waals surface area contributed by atoms with Crippen LogP contribution in [0.1, 0.15) is 22.3 Å². The Bertz CT molecular complexity index is 1230. The summed E-state index contributed by atoms with van der Waals surface area (Å²) in [5.74, 6) is -0.162. The molecule has 2 N–H and O–H groups in total. The third-order valence-electron chi connectivity index (χ3n) is 5.11. The number of phenols is 2. The van der Waals surface area contributed by atoms with Gasteiger partial charge in [0.05, 0.1) is 22.4 Å². The fourth-order valence-electron chi connectivity index (χ4n) is 3.77. The number of aromatic nitrogens is 2. The molecule has 2 aliphatic carbocycles. The van der Waals surface area contributed by atoms with Crippen molar-refractivity contribution in [2.45, 2.75) is 12.8 Å². The van der Waals surface area contributed by atoms with E-state index >= 15 is 0 Å². The van der Waals surface area contributed by atoms with E-state index in [0.29, 0.717) is 10.9 Å². The van der Waals surface area contributed by atoms with E-state index in [1.54, 1.807) is 6.07 Å². The van der Waals surface area contributed by atoms with E-state index in [1.807, 2.05) is 18.2 Å². The van der Waals surface area contributed by atoms with Gasteiger partial charge in [-0.3, -0.25) is 0 Å². The number of para-hydroxylation sites is 1. The third kappa shape index (κ3) is 1.43. The number of hydrogen-bond acceptors (Lipinski definition) is 4. The fourth-order valence-corrected chi connectivity index (χ4v) is 3.77. The molecule has 0 unspecified atom stereocenters. The molecule has 2 heterocycles. The molecule has 24 heavy (non-hydrogen) atoms. The average Bonchev–Trinajstić information content (AvgIpc) is 3.49. The standard InChI is InChI=1S/C20H12N2O2/c23-16-6-5-15-17(20(16)24)11-8-13(11)19(22-15)18-12-7-10(12)9-3-1-2-4-14(9)21-18/h1-6,23-24H,7-8H2. The summed E-state index contributed by atoms with van der Waals surface area (Å²) >= 11 is 0. The Hall–Kier alpha value is -3.14. The minimum atomic E-state index is -0.0951. The number of aromatic hydroxyl groups is 2. The molecule has 0 saturated carbocycles. The van der Waals surface area contributed by atoms with Crippen LogP contribution >= 0.6 is 0 Å². The Labute approximate surface area is 137 Å². The number of nitrogens with zero attached hydrogens (tertiary/aromatic N) is 2. The van der Waals surface area contributed by atoms with Crippen LogP contribution in [0.15, 0.2) is 36.4 Å². The predicted octanol–water partition coefficient (Wildman–Crippen LogP) is 3.67. The van der Waals surface area contributed by atoms with Gasteiger partial charge < -0.3 is 10.2 Å². The van der Waals surface area contributed by atoms with Gasteiger partial charge in [0.1, 0.15) is 0 Å². The number of pyridine rings is 2. The first-order chi connectivity index (χ1) is 11.7. The molecular formula is C20H12N2O2.